The quantitative estimate of drug-likeness (QED) is 0.748. The molecule has 0 atom stereocenters. The third-order valence-corrected chi connectivity index (χ3v) is 7.55. The summed E-state index contributed by atoms with van der Waals surface area (Å²) >= 11 is 0. The molecule has 0 spiro atoms. The first-order valence-electron chi connectivity index (χ1n) is 10.2. The Labute approximate surface area is 176 Å². The lowest BCUT2D eigenvalue weighted by Gasteiger charge is -2.35. The molecule has 0 aromatic heterocycles. The van der Waals surface area contributed by atoms with Crippen molar-refractivity contribution in [2.75, 3.05) is 39.3 Å². The average Bonchev–Trinajstić information content (AvgIpc) is 3.35. The maximum absolute atomic E-state index is 13.0. The van der Waals surface area contributed by atoms with E-state index in [1.807, 2.05) is 18.2 Å². The summed E-state index contributed by atoms with van der Waals surface area (Å²) in [7, 11) is -3.57. The van der Waals surface area contributed by atoms with Gasteiger partial charge in [-0.1, -0.05) is 24.3 Å². The molecular weight excluding hydrogens is 402 g/mol. The van der Waals surface area contributed by atoms with E-state index in [0.29, 0.717) is 50.4 Å². The van der Waals surface area contributed by atoms with Crippen LogP contribution in [0.2, 0.25) is 0 Å². The van der Waals surface area contributed by atoms with E-state index < -0.39 is 10.0 Å². The summed E-state index contributed by atoms with van der Waals surface area (Å²) in [5, 5.41) is 0. The zero-order valence-corrected chi connectivity index (χ0v) is 17.6. The smallest absolute Gasteiger partial charge is 0.254 e. The number of piperazine rings is 1. The number of carbonyl (C=O) groups is 2. The second kappa shape index (κ2) is 8.57. The van der Waals surface area contributed by atoms with E-state index in [1.54, 1.807) is 40.1 Å². The van der Waals surface area contributed by atoms with Crippen molar-refractivity contribution in [2.24, 2.45) is 0 Å². The van der Waals surface area contributed by atoms with Gasteiger partial charge in [-0.05, 0) is 43.2 Å². The van der Waals surface area contributed by atoms with Crippen molar-refractivity contribution in [1.82, 2.24) is 14.1 Å². The van der Waals surface area contributed by atoms with Gasteiger partial charge in [0, 0.05) is 50.4 Å². The number of rotatable bonds is 4. The Morgan fingerprint density at radius 1 is 0.667 bits per heavy atom. The zero-order valence-electron chi connectivity index (χ0n) is 16.7. The Bertz CT molecular complexity index is 1030. The van der Waals surface area contributed by atoms with E-state index in [-0.39, 0.29) is 16.7 Å². The van der Waals surface area contributed by atoms with Crippen molar-refractivity contribution >= 4 is 21.8 Å². The van der Waals surface area contributed by atoms with Gasteiger partial charge in [0.1, 0.15) is 0 Å². The van der Waals surface area contributed by atoms with Gasteiger partial charge in [0.2, 0.25) is 10.0 Å². The summed E-state index contributed by atoms with van der Waals surface area (Å²) in [5.41, 5.74) is 0.996. The Kier molecular flexibility index (Phi) is 5.87. The minimum Gasteiger partial charge on any atom is -0.335 e. The van der Waals surface area contributed by atoms with Gasteiger partial charge in [-0.2, -0.15) is 4.31 Å². The van der Waals surface area contributed by atoms with Crippen molar-refractivity contribution in [3.05, 3.63) is 65.7 Å². The van der Waals surface area contributed by atoms with E-state index >= 15 is 0 Å². The monoisotopic (exact) mass is 427 g/mol. The minimum absolute atomic E-state index is 0.0404. The van der Waals surface area contributed by atoms with E-state index in [1.165, 1.54) is 10.4 Å². The van der Waals surface area contributed by atoms with E-state index in [2.05, 4.69) is 0 Å². The molecule has 0 radical (unpaired) electrons. The van der Waals surface area contributed by atoms with Crippen LogP contribution in [0.1, 0.15) is 33.6 Å². The van der Waals surface area contributed by atoms with Crippen molar-refractivity contribution in [3.63, 3.8) is 0 Å². The first-order chi connectivity index (χ1) is 14.5. The highest BCUT2D eigenvalue weighted by Gasteiger charge is 2.29. The van der Waals surface area contributed by atoms with Crippen molar-refractivity contribution in [3.8, 4) is 0 Å². The van der Waals surface area contributed by atoms with Crippen molar-refractivity contribution < 1.29 is 18.0 Å². The second-order valence-electron chi connectivity index (χ2n) is 7.59. The SMILES string of the molecule is O=C(c1ccccc1)N1CCN(C(=O)c2cccc(S(=O)(=O)N3CCCC3)c2)CC1. The fourth-order valence-corrected chi connectivity index (χ4v) is 5.49. The summed E-state index contributed by atoms with van der Waals surface area (Å²) in [5.74, 6) is -0.248. The fourth-order valence-electron chi connectivity index (χ4n) is 3.93. The Morgan fingerprint density at radius 3 is 1.80 bits per heavy atom. The summed E-state index contributed by atoms with van der Waals surface area (Å²) in [4.78, 5) is 29.1. The molecule has 7 nitrogen and oxygen atoms in total. The summed E-state index contributed by atoms with van der Waals surface area (Å²) in [6, 6.07) is 15.4. The van der Waals surface area contributed by atoms with Crippen LogP contribution < -0.4 is 0 Å². The van der Waals surface area contributed by atoms with Crippen LogP contribution >= 0.6 is 0 Å². The topological polar surface area (TPSA) is 78.0 Å². The molecule has 2 aliphatic rings. The molecule has 30 heavy (non-hydrogen) atoms. The van der Waals surface area contributed by atoms with Gasteiger partial charge >= 0.3 is 0 Å². The molecule has 0 saturated carbocycles. The molecule has 0 N–H and O–H groups in total. The largest absolute Gasteiger partial charge is 0.335 e. The molecular formula is C22H25N3O4S. The van der Waals surface area contributed by atoms with Gasteiger partial charge in [-0.15, -0.1) is 0 Å². The standard InChI is InChI=1S/C22H25N3O4S/c26-21(18-7-2-1-3-8-18)23-13-15-24(16-14-23)22(27)19-9-6-10-20(17-19)30(28,29)25-11-4-5-12-25/h1-3,6-10,17H,4-5,11-16H2. The molecule has 8 heteroatoms. The Morgan fingerprint density at radius 2 is 1.20 bits per heavy atom. The van der Waals surface area contributed by atoms with Crippen LogP contribution in [0.15, 0.2) is 59.5 Å². The molecule has 2 heterocycles. The van der Waals surface area contributed by atoms with E-state index in [0.717, 1.165) is 12.8 Å². The lowest BCUT2D eigenvalue weighted by atomic mass is 10.1. The highest BCUT2D eigenvalue weighted by atomic mass is 32.2. The molecule has 0 bridgehead atoms. The van der Waals surface area contributed by atoms with E-state index in [4.69, 9.17) is 0 Å². The lowest BCUT2D eigenvalue weighted by Crippen LogP contribution is -2.50. The molecule has 2 aromatic carbocycles. The first-order valence-corrected chi connectivity index (χ1v) is 11.6. The minimum atomic E-state index is -3.57. The number of sulfonamides is 1. The number of hydrogen-bond acceptors (Lipinski definition) is 4. The third-order valence-electron chi connectivity index (χ3n) is 5.66. The van der Waals surface area contributed by atoms with Crippen LogP contribution in [-0.4, -0.2) is 73.6 Å². The normalized spacial score (nSPS) is 17.9. The van der Waals surface area contributed by atoms with Crippen LogP contribution in [0, 0.1) is 0 Å². The Hall–Kier alpha value is -2.71. The van der Waals surface area contributed by atoms with Gasteiger partial charge in [0.15, 0.2) is 0 Å². The van der Waals surface area contributed by atoms with Crippen LogP contribution in [-0.2, 0) is 10.0 Å². The molecule has 2 fully saturated rings. The maximum atomic E-state index is 13.0. The number of amides is 2. The molecule has 0 aliphatic carbocycles. The zero-order chi connectivity index (χ0) is 21.1. The van der Waals surface area contributed by atoms with Crippen LogP contribution in [0.4, 0.5) is 0 Å². The highest BCUT2D eigenvalue weighted by molar-refractivity contribution is 7.89. The van der Waals surface area contributed by atoms with Gasteiger partial charge < -0.3 is 9.80 Å². The van der Waals surface area contributed by atoms with Crippen LogP contribution in [0.3, 0.4) is 0 Å². The lowest BCUT2D eigenvalue weighted by molar-refractivity contribution is 0.0535. The molecule has 2 aliphatic heterocycles. The summed E-state index contributed by atoms with van der Waals surface area (Å²) < 4.78 is 27.1. The fraction of sp³-hybridized carbons (Fsp3) is 0.364. The van der Waals surface area contributed by atoms with Crippen molar-refractivity contribution in [1.29, 1.82) is 0 Å². The molecule has 4 rings (SSSR count). The average molecular weight is 428 g/mol. The summed E-state index contributed by atoms with van der Waals surface area (Å²) in [6.07, 6.45) is 1.73. The van der Waals surface area contributed by atoms with Gasteiger partial charge in [0.25, 0.3) is 11.8 Å². The molecule has 158 valence electrons. The van der Waals surface area contributed by atoms with Crippen LogP contribution in [0.25, 0.3) is 0 Å². The summed E-state index contributed by atoms with van der Waals surface area (Å²) in [6.45, 7) is 2.79. The van der Waals surface area contributed by atoms with Crippen LogP contribution in [0.5, 0.6) is 0 Å². The maximum Gasteiger partial charge on any atom is 0.254 e. The molecule has 2 saturated heterocycles. The molecule has 2 amide bonds. The number of benzene rings is 2. The van der Waals surface area contributed by atoms with Crippen molar-refractivity contribution in [2.45, 2.75) is 17.7 Å². The first kappa shape index (κ1) is 20.6. The number of carbonyl (C=O) groups excluding carboxylic acids is 2. The Balaban J connectivity index is 1.43. The second-order valence-corrected chi connectivity index (χ2v) is 9.53. The predicted molar refractivity (Wildman–Crippen MR) is 113 cm³/mol. The van der Waals surface area contributed by atoms with E-state index in [9.17, 15) is 18.0 Å². The highest BCUT2D eigenvalue weighted by Crippen LogP contribution is 2.22. The molecule has 2 aromatic rings. The molecule has 0 unspecified atom stereocenters. The van der Waals surface area contributed by atoms with Gasteiger partial charge in [0.05, 0.1) is 4.90 Å². The predicted octanol–water partition coefficient (Wildman–Crippen LogP) is 2.07. The third kappa shape index (κ3) is 4.11. The number of hydrogen-bond donors (Lipinski definition) is 0. The number of nitrogens with zero attached hydrogens (tertiary/aromatic N) is 3. The van der Waals surface area contributed by atoms with Gasteiger partial charge in [-0.25, -0.2) is 8.42 Å². The van der Waals surface area contributed by atoms with Gasteiger partial charge in [-0.3, -0.25) is 9.59 Å².